The topological polar surface area (TPSA) is 51.2 Å². The summed E-state index contributed by atoms with van der Waals surface area (Å²) in [5.74, 6) is 1.56. The lowest BCUT2D eigenvalue weighted by atomic mass is 10.2. The van der Waals surface area contributed by atoms with Crippen LogP contribution in [0.5, 0.6) is 0 Å². The number of guanidine groups is 1. The predicted octanol–water partition coefficient (Wildman–Crippen LogP) is 2.11. The van der Waals surface area contributed by atoms with Crippen LogP contribution in [-0.4, -0.2) is 79.9 Å². The minimum atomic E-state index is 0. The average molecular weight is 487 g/mol. The zero-order chi connectivity index (χ0) is 18.9. The number of rotatable bonds is 6. The van der Waals surface area contributed by atoms with E-state index in [1.54, 1.807) is 19.0 Å². The van der Waals surface area contributed by atoms with Crippen molar-refractivity contribution < 1.29 is 4.79 Å². The van der Waals surface area contributed by atoms with Crippen molar-refractivity contribution in [3.05, 3.63) is 35.9 Å². The van der Waals surface area contributed by atoms with Crippen LogP contribution in [-0.2, 0) is 11.3 Å². The van der Waals surface area contributed by atoms with Gasteiger partial charge in [0, 0.05) is 46.8 Å². The summed E-state index contributed by atoms with van der Waals surface area (Å²) in [5, 5.41) is 3.26. The minimum absolute atomic E-state index is 0. The summed E-state index contributed by atoms with van der Waals surface area (Å²) >= 11 is 0. The molecule has 0 saturated carbocycles. The Balaban J connectivity index is 0.00000364. The lowest BCUT2D eigenvalue weighted by molar-refractivity contribution is -0.127. The first-order valence-corrected chi connectivity index (χ1v) is 9.45. The molecule has 27 heavy (non-hydrogen) atoms. The highest BCUT2D eigenvalue weighted by Crippen LogP contribution is 2.07. The lowest BCUT2D eigenvalue weighted by Gasteiger charge is -2.37. The normalized spacial score (nSPS) is 15.4. The summed E-state index contributed by atoms with van der Waals surface area (Å²) in [7, 11) is 3.55. The van der Waals surface area contributed by atoms with Gasteiger partial charge in [-0.1, -0.05) is 44.2 Å². The fraction of sp³-hybridized carbons (Fsp3) is 0.600. The van der Waals surface area contributed by atoms with Gasteiger partial charge in [0.25, 0.3) is 0 Å². The second-order valence-electron chi connectivity index (χ2n) is 7.45. The maximum atomic E-state index is 12.0. The Hall–Kier alpha value is -1.35. The molecule has 1 fully saturated rings. The van der Waals surface area contributed by atoms with Crippen molar-refractivity contribution >= 4 is 35.8 Å². The van der Waals surface area contributed by atoms with Gasteiger partial charge >= 0.3 is 0 Å². The molecule has 6 nitrogen and oxygen atoms in total. The monoisotopic (exact) mass is 487 g/mol. The molecule has 1 aliphatic heterocycles. The molecule has 1 N–H and O–H groups in total. The fourth-order valence-electron chi connectivity index (χ4n) is 2.99. The average Bonchev–Trinajstić information content (AvgIpc) is 2.62. The number of carbonyl (C=O) groups is 1. The third-order valence-electron chi connectivity index (χ3n) is 4.45. The van der Waals surface area contributed by atoms with E-state index in [1.165, 1.54) is 5.56 Å². The van der Waals surface area contributed by atoms with E-state index in [1.807, 2.05) is 18.2 Å². The molecule has 0 atom stereocenters. The van der Waals surface area contributed by atoms with Crippen LogP contribution in [0.15, 0.2) is 35.3 Å². The highest BCUT2D eigenvalue weighted by molar-refractivity contribution is 14.0. The van der Waals surface area contributed by atoms with Crippen molar-refractivity contribution in [2.24, 2.45) is 10.9 Å². The molecule has 152 valence electrons. The molecule has 7 heteroatoms. The number of hydrogen-bond donors (Lipinski definition) is 1. The number of aliphatic imine (C=N–C) groups is 1. The molecule has 1 heterocycles. The molecular weight excluding hydrogens is 453 g/mol. The highest BCUT2D eigenvalue weighted by Gasteiger charge is 2.20. The molecule has 0 aliphatic carbocycles. The summed E-state index contributed by atoms with van der Waals surface area (Å²) in [5.41, 5.74) is 1.17. The molecule has 0 radical (unpaired) electrons. The van der Waals surface area contributed by atoms with Gasteiger partial charge in [0.15, 0.2) is 5.96 Å². The Morgan fingerprint density at radius 1 is 1.15 bits per heavy atom. The third-order valence-corrected chi connectivity index (χ3v) is 4.45. The van der Waals surface area contributed by atoms with Crippen molar-refractivity contribution in [2.75, 3.05) is 53.4 Å². The minimum Gasteiger partial charge on any atom is -0.347 e. The smallest absolute Gasteiger partial charge is 0.241 e. The van der Waals surface area contributed by atoms with Crippen molar-refractivity contribution in [1.29, 1.82) is 0 Å². The van der Waals surface area contributed by atoms with Crippen molar-refractivity contribution in [1.82, 2.24) is 20.0 Å². The first kappa shape index (κ1) is 23.7. The van der Waals surface area contributed by atoms with Crippen LogP contribution < -0.4 is 5.32 Å². The van der Waals surface area contributed by atoms with E-state index in [0.717, 1.165) is 38.7 Å². The fourth-order valence-corrected chi connectivity index (χ4v) is 2.99. The number of likely N-dealkylation sites (N-methyl/N-ethyl adjacent to an activating group) is 1. The van der Waals surface area contributed by atoms with Crippen molar-refractivity contribution in [3.8, 4) is 0 Å². The largest absolute Gasteiger partial charge is 0.347 e. The highest BCUT2D eigenvalue weighted by atomic mass is 127. The number of carbonyl (C=O) groups excluding carboxylic acids is 1. The van der Waals surface area contributed by atoms with Crippen LogP contribution >= 0.6 is 24.0 Å². The van der Waals surface area contributed by atoms with Gasteiger partial charge in [-0.2, -0.15) is 0 Å². The molecule has 2 rings (SSSR count). The molecule has 0 unspecified atom stereocenters. The molecule has 1 amide bonds. The van der Waals surface area contributed by atoms with Crippen LogP contribution in [0, 0.1) is 5.92 Å². The van der Waals surface area contributed by atoms with Crippen molar-refractivity contribution in [2.45, 2.75) is 20.4 Å². The maximum Gasteiger partial charge on any atom is 0.241 e. The van der Waals surface area contributed by atoms with E-state index in [4.69, 9.17) is 4.99 Å². The van der Waals surface area contributed by atoms with Crippen molar-refractivity contribution in [3.63, 3.8) is 0 Å². The van der Waals surface area contributed by atoms with E-state index in [2.05, 4.69) is 41.1 Å². The SMILES string of the molecule is CC(C)CN1CCN(C(=NCc2ccccc2)NCC(=O)N(C)C)CC1.I. The zero-order valence-electron chi connectivity index (χ0n) is 17.0. The maximum absolute atomic E-state index is 12.0. The van der Waals surface area contributed by atoms with E-state index in [0.29, 0.717) is 12.5 Å². The van der Waals surface area contributed by atoms with Gasteiger partial charge in [-0.3, -0.25) is 9.69 Å². The Kier molecular flexibility index (Phi) is 10.7. The Morgan fingerprint density at radius 3 is 2.33 bits per heavy atom. The molecule has 1 saturated heterocycles. The molecule has 0 aromatic heterocycles. The van der Waals surface area contributed by atoms with Gasteiger partial charge in [0.2, 0.25) is 5.91 Å². The van der Waals surface area contributed by atoms with Crippen LogP contribution in [0.1, 0.15) is 19.4 Å². The summed E-state index contributed by atoms with van der Waals surface area (Å²) < 4.78 is 0. The summed E-state index contributed by atoms with van der Waals surface area (Å²) in [4.78, 5) is 23.1. The standard InChI is InChI=1S/C20H33N5O.HI/c1-17(2)16-24-10-12-25(13-11-24)20(22-15-19(26)23(3)4)21-14-18-8-6-5-7-9-18;/h5-9,17H,10-16H2,1-4H3,(H,21,22);1H. The lowest BCUT2D eigenvalue weighted by Crippen LogP contribution is -2.54. The second kappa shape index (κ2) is 12.2. The Morgan fingerprint density at radius 2 is 1.78 bits per heavy atom. The van der Waals surface area contributed by atoms with Gasteiger partial charge in [-0.05, 0) is 11.5 Å². The van der Waals surface area contributed by atoms with Gasteiger partial charge in [-0.25, -0.2) is 4.99 Å². The van der Waals surface area contributed by atoms with E-state index < -0.39 is 0 Å². The summed E-state index contributed by atoms with van der Waals surface area (Å²) in [6, 6.07) is 10.2. The first-order valence-electron chi connectivity index (χ1n) is 9.45. The van der Waals surface area contributed by atoms with Crippen LogP contribution in [0.4, 0.5) is 0 Å². The third kappa shape index (κ3) is 8.47. The summed E-state index contributed by atoms with van der Waals surface area (Å²) in [6.07, 6.45) is 0. The van der Waals surface area contributed by atoms with E-state index in [-0.39, 0.29) is 36.4 Å². The van der Waals surface area contributed by atoms with Gasteiger partial charge in [0.1, 0.15) is 0 Å². The second-order valence-corrected chi connectivity index (χ2v) is 7.45. The van der Waals surface area contributed by atoms with Gasteiger partial charge in [0.05, 0.1) is 13.1 Å². The molecule has 1 aromatic rings. The first-order chi connectivity index (χ1) is 12.5. The molecular formula is C20H34IN5O. The van der Waals surface area contributed by atoms with Gasteiger partial charge < -0.3 is 15.1 Å². The van der Waals surface area contributed by atoms with E-state index >= 15 is 0 Å². The molecule has 0 spiro atoms. The summed E-state index contributed by atoms with van der Waals surface area (Å²) in [6.45, 7) is 10.5. The number of nitrogens with one attached hydrogen (secondary N) is 1. The molecule has 1 aliphatic rings. The number of piperazine rings is 1. The molecule has 0 bridgehead atoms. The van der Waals surface area contributed by atoms with Gasteiger partial charge in [-0.15, -0.1) is 24.0 Å². The number of amides is 1. The van der Waals surface area contributed by atoms with Crippen LogP contribution in [0.3, 0.4) is 0 Å². The Labute approximate surface area is 181 Å². The Bertz CT molecular complexity index is 583. The number of halogens is 1. The van der Waals surface area contributed by atoms with Crippen LogP contribution in [0.25, 0.3) is 0 Å². The number of hydrogen-bond acceptors (Lipinski definition) is 3. The number of nitrogens with zero attached hydrogens (tertiary/aromatic N) is 4. The quantitative estimate of drug-likeness (QED) is 0.380. The number of benzene rings is 1. The van der Waals surface area contributed by atoms with Crippen LogP contribution in [0.2, 0.25) is 0 Å². The molecule has 1 aromatic carbocycles. The zero-order valence-corrected chi connectivity index (χ0v) is 19.3. The predicted molar refractivity (Wildman–Crippen MR) is 123 cm³/mol. The van der Waals surface area contributed by atoms with E-state index in [9.17, 15) is 4.79 Å².